The number of rotatable bonds is 3. The molecule has 1 aromatic rings. The van der Waals surface area contributed by atoms with Crippen molar-refractivity contribution in [2.24, 2.45) is 5.92 Å². The van der Waals surface area contributed by atoms with Gasteiger partial charge in [-0.05, 0) is 19.3 Å². The summed E-state index contributed by atoms with van der Waals surface area (Å²) in [5, 5.41) is 12.1. The molecule has 2 unspecified atom stereocenters. The van der Waals surface area contributed by atoms with Crippen LogP contribution in [-0.4, -0.2) is 16.1 Å². The van der Waals surface area contributed by atoms with E-state index in [1.165, 1.54) is 24.3 Å². The van der Waals surface area contributed by atoms with Gasteiger partial charge in [-0.1, -0.05) is 6.42 Å². The van der Waals surface area contributed by atoms with Gasteiger partial charge in [-0.3, -0.25) is 4.79 Å². The van der Waals surface area contributed by atoms with E-state index in [-0.39, 0.29) is 11.8 Å². The van der Waals surface area contributed by atoms with E-state index in [0.717, 1.165) is 12.1 Å². The highest BCUT2D eigenvalue weighted by atomic mass is 32.1. The van der Waals surface area contributed by atoms with Gasteiger partial charge in [-0.15, -0.1) is 11.3 Å². The molecular formula is C11H13NO2S. The molecule has 15 heavy (non-hydrogen) atoms. The van der Waals surface area contributed by atoms with E-state index in [4.69, 9.17) is 5.11 Å². The summed E-state index contributed by atoms with van der Waals surface area (Å²) in [6.45, 7) is 0. The van der Waals surface area contributed by atoms with Crippen LogP contribution in [0.25, 0.3) is 0 Å². The largest absolute Gasteiger partial charge is 0.481 e. The van der Waals surface area contributed by atoms with Gasteiger partial charge in [0.05, 0.1) is 16.6 Å². The van der Waals surface area contributed by atoms with Crippen molar-refractivity contribution in [3.05, 3.63) is 16.1 Å². The summed E-state index contributed by atoms with van der Waals surface area (Å²) in [6, 6.07) is 0. The quantitative estimate of drug-likeness (QED) is 0.856. The van der Waals surface area contributed by atoms with Crippen molar-refractivity contribution in [2.45, 2.75) is 37.5 Å². The Kier molecular flexibility index (Phi) is 2.06. The van der Waals surface area contributed by atoms with Crippen molar-refractivity contribution in [3.8, 4) is 0 Å². The zero-order chi connectivity index (χ0) is 10.4. The number of carboxylic acids is 1. The summed E-state index contributed by atoms with van der Waals surface area (Å²) in [5.74, 6) is 0.0397. The first kappa shape index (κ1) is 9.33. The van der Waals surface area contributed by atoms with Gasteiger partial charge in [0.1, 0.15) is 0 Å². The van der Waals surface area contributed by atoms with E-state index in [9.17, 15) is 4.79 Å². The van der Waals surface area contributed by atoms with Crippen molar-refractivity contribution >= 4 is 17.3 Å². The maximum atomic E-state index is 10.7. The van der Waals surface area contributed by atoms with Crippen molar-refractivity contribution in [1.29, 1.82) is 0 Å². The molecule has 2 fully saturated rings. The van der Waals surface area contributed by atoms with Crippen LogP contribution in [0.4, 0.5) is 0 Å². The van der Waals surface area contributed by atoms with Gasteiger partial charge >= 0.3 is 5.97 Å². The number of carboxylic acid groups (broad SMARTS) is 1. The molecule has 2 aliphatic carbocycles. The van der Waals surface area contributed by atoms with Crippen LogP contribution in [0.15, 0.2) is 5.38 Å². The van der Waals surface area contributed by atoms with Crippen LogP contribution in [0.5, 0.6) is 0 Å². The van der Waals surface area contributed by atoms with Crippen LogP contribution in [0, 0.1) is 5.92 Å². The van der Waals surface area contributed by atoms with Crippen molar-refractivity contribution in [1.82, 2.24) is 4.98 Å². The highest BCUT2D eigenvalue weighted by Crippen LogP contribution is 2.48. The predicted octanol–water partition coefficient (Wildman–Crippen LogP) is 2.60. The van der Waals surface area contributed by atoms with Gasteiger partial charge in [-0.25, -0.2) is 4.98 Å². The van der Waals surface area contributed by atoms with E-state index in [1.54, 1.807) is 11.3 Å². The van der Waals surface area contributed by atoms with Gasteiger partial charge in [0.25, 0.3) is 0 Å². The number of hydrogen-bond donors (Lipinski definition) is 1. The molecule has 1 N–H and O–H groups in total. The average molecular weight is 223 g/mol. The molecule has 1 heterocycles. The highest BCUT2D eigenvalue weighted by molar-refractivity contribution is 7.09. The van der Waals surface area contributed by atoms with Gasteiger partial charge in [0, 0.05) is 17.2 Å². The molecule has 0 bridgehead atoms. The molecule has 2 atom stereocenters. The van der Waals surface area contributed by atoms with Gasteiger partial charge in [-0.2, -0.15) is 0 Å². The maximum absolute atomic E-state index is 10.7. The summed E-state index contributed by atoms with van der Waals surface area (Å²) < 4.78 is 0. The molecular weight excluding hydrogens is 210 g/mol. The fourth-order valence-corrected chi connectivity index (χ4v) is 3.16. The third-order valence-corrected chi connectivity index (χ3v) is 4.51. The Hall–Kier alpha value is -0.900. The van der Waals surface area contributed by atoms with Crippen LogP contribution >= 0.6 is 11.3 Å². The predicted molar refractivity (Wildman–Crippen MR) is 57.2 cm³/mol. The van der Waals surface area contributed by atoms with Crippen LogP contribution < -0.4 is 0 Å². The maximum Gasteiger partial charge on any atom is 0.307 e. The zero-order valence-corrected chi connectivity index (χ0v) is 9.17. The molecule has 3 nitrogen and oxygen atoms in total. The van der Waals surface area contributed by atoms with E-state index < -0.39 is 5.97 Å². The molecule has 2 saturated carbocycles. The lowest BCUT2D eigenvalue weighted by Crippen LogP contribution is -2.08. The summed E-state index contributed by atoms with van der Waals surface area (Å²) in [6.07, 6.45) is 4.63. The second kappa shape index (κ2) is 3.30. The summed E-state index contributed by atoms with van der Waals surface area (Å²) >= 11 is 1.71. The van der Waals surface area contributed by atoms with Crippen molar-refractivity contribution in [2.75, 3.05) is 0 Å². The number of nitrogens with zero attached hydrogens (tertiary/aromatic N) is 1. The lowest BCUT2D eigenvalue weighted by Gasteiger charge is -2.22. The van der Waals surface area contributed by atoms with E-state index in [1.807, 2.05) is 0 Å². The van der Waals surface area contributed by atoms with Gasteiger partial charge in [0.15, 0.2) is 0 Å². The Morgan fingerprint density at radius 1 is 1.53 bits per heavy atom. The number of aromatic nitrogens is 1. The molecule has 0 spiro atoms. The van der Waals surface area contributed by atoms with Gasteiger partial charge < -0.3 is 5.11 Å². The standard InChI is InChI=1S/C11H13NO2S/c13-11(14)8-4-7(8)9-5-15-10(12-9)6-2-1-3-6/h5-8H,1-4H2,(H,13,14). The molecule has 0 aromatic carbocycles. The Bertz CT molecular complexity index is 397. The summed E-state index contributed by atoms with van der Waals surface area (Å²) in [5.41, 5.74) is 1.02. The zero-order valence-electron chi connectivity index (χ0n) is 8.35. The fraction of sp³-hybridized carbons (Fsp3) is 0.636. The molecule has 2 aliphatic rings. The Morgan fingerprint density at radius 3 is 2.87 bits per heavy atom. The lowest BCUT2D eigenvalue weighted by atomic mass is 9.86. The van der Waals surface area contributed by atoms with E-state index in [0.29, 0.717) is 5.92 Å². The van der Waals surface area contributed by atoms with E-state index in [2.05, 4.69) is 10.4 Å². The number of hydrogen-bond acceptors (Lipinski definition) is 3. The lowest BCUT2D eigenvalue weighted by molar-refractivity contribution is -0.138. The monoisotopic (exact) mass is 223 g/mol. The van der Waals surface area contributed by atoms with Crippen LogP contribution in [0.3, 0.4) is 0 Å². The van der Waals surface area contributed by atoms with Crippen LogP contribution in [-0.2, 0) is 4.79 Å². The second-order valence-corrected chi connectivity index (χ2v) is 5.42. The van der Waals surface area contributed by atoms with Gasteiger partial charge in [0.2, 0.25) is 0 Å². The Balaban J connectivity index is 1.72. The Morgan fingerprint density at radius 2 is 2.33 bits per heavy atom. The molecule has 1 aromatic heterocycles. The first-order valence-electron chi connectivity index (χ1n) is 5.44. The third kappa shape index (κ3) is 1.57. The minimum atomic E-state index is -0.668. The molecule has 3 rings (SSSR count). The van der Waals surface area contributed by atoms with E-state index >= 15 is 0 Å². The fourth-order valence-electron chi connectivity index (χ4n) is 2.11. The second-order valence-electron chi connectivity index (χ2n) is 4.53. The number of thiazole rings is 1. The molecule has 80 valence electrons. The molecule has 0 saturated heterocycles. The smallest absolute Gasteiger partial charge is 0.307 e. The average Bonchev–Trinajstić information content (AvgIpc) is 2.78. The first-order valence-corrected chi connectivity index (χ1v) is 6.32. The number of aliphatic carboxylic acids is 1. The van der Waals surface area contributed by atoms with Crippen molar-refractivity contribution < 1.29 is 9.90 Å². The number of carbonyl (C=O) groups is 1. The normalized spacial score (nSPS) is 29.9. The highest BCUT2D eigenvalue weighted by Gasteiger charge is 2.45. The van der Waals surface area contributed by atoms with Crippen molar-refractivity contribution in [3.63, 3.8) is 0 Å². The topological polar surface area (TPSA) is 50.2 Å². The Labute approximate surface area is 92.2 Å². The molecule has 4 heteroatoms. The molecule has 0 radical (unpaired) electrons. The van der Waals surface area contributed by atoms with Crippen LogP contribution in [0.2, 0.25) is 0 Å². The third-order valence-electron chi connectivity index (χ3n) is 3.48. The molecule has 0 amide bonds. The minimum Gasteiger partial charge on any atom is -0.481 e. The van der Waals surface area contributed by atoms with Crippen LogP contribution in [0.1, 0.15) is 48.2 Å². The molecule has 0 aliphatic heterocycles. The summed E-state index contributed by atoms with van der Waals surface area (Å²) in [7, 11) is 0. The first-order chi connectivity index (χ1) is 7.25. The minimum absolute atomic E-state index is 0.165. The summed E-state index contributed by atoms with van der Waals surface area (Å²) in [4.78, 5) is 15.3. The SMILES string of the molecule is O=C(O)C1CC1c1csc(C2CCC2)n1.